The topological polar surface area (TPSA) is 82.3 Å². The molecule has 7 nitrogen and oxygen atoms in total. The first-order valence-electron chi connectivity index (χ1n) is 9.30. The largest absolute Gasteiger partial charge is 0.494 e. The lowest BCUT2D eigenvalue weighted by Gasteiger charge is -2.14. The summed E-state index contributed by atoms with van der Waals surface area (Å²) in [6.07, 6.45) is 0.645. The molecule has 0 aliphatic carbocycles. The Morgan fingerprint density at radius 2 is 1.71 bits per heavy atom. The zero-order valence-corrected chi connectivity index (χ0v) is 16.0. The van der Waals surface area contributed by atoms with Crippen molar-refractivity contribution >= 4 is 22.5 Å². The Morgan fingerprint density at radius 3 is 2.39 bits per heavy atom. The summed E-state index contributed by atoms with van der Waals surface area (Å²) in [7, 11) is 0. The third-order valence-electron chi connectivity index (χ3n) is 4.33. The standard InChI is InChI=1S/C21H23N3O4/c1-3-13-23-20(26)17-7-5-6-8-18(17)24(21(23)27)14-19(25)22-15-9-11-16(12-10-15)28-4-2/h5-12H,3-4,13-14H2,1-2H3,(H,22,25). The molecule has 0 aliphatic rings. The van der Waals surface area contributed by atoms with E-state index in [2.05, 4.69) is 5.32 Å². The second-order valence-corrected chi connectivity index (χ2v) is 6.35. The van der Waals surface area contributed by atoms with Gasteiger partial charge in [0.15, 0.2) is 0 Å². The first-order chi connectivity index (χ1) is 13.5. The van der Waals surface area contributed by atoms with Gasteiger partial charge in [0.2, 0.25) is 5.91 Å². The first kappa shape index (κ1) is 19.4. The lowest BCUT2D eigenvalue weighted by molar-refractivity contribution is -0.116. The van der Waals surface area contributed by atoms with Crippen LogP contribution < -0.4 is 21.3 Å². The number of carbonyl (C=O) groups excluding carboxylic acids is 1. The van der Waals surface area contributed by atoms with Crippen LogP contribution in [0.3, 0.4) is 0 Å². The summed E-state index contributed by atoms with van der Waals surface area (Å²) in [5, 5.41) is 3.20. The molecule has 0 saturated heterocycles. The van der Waals surface area contributed by atoms with E-state index < -0.39 is 5.69 Å². The van der Waals surface area contributed by atoms with Gasteiger partial charge in [-0.3, -0.25) is 18.7 Å². The average Bonchev–Trinajstić information content (AvgIpc) is 2.70. The van der Waals surface area contributed by atoms with Crippen molar-refractivity contribution in [2.45, 2.75) is 33.4 Å². The van der Waals surface area contributed by atoms with Crippen LogP contribution in [0.1, 0.15) is 20.3 Å². The average molecular weight is 381 g/mol. The van der Waals surface area contributed by atoms with Crippen LogP contribution in [-0.2, 0) is 17.9 Å². The molecular weight excluding hydrogens is 358 g/mol. The third-order valence-corrected chi connectivity index (χ3v) is 4.33. The summed E-state index contributed by atoms with van der Waals surface area (Å²) >= 11 is 0. The van der Waals surface area contributed by atoms with Crippen molar-refractivity contribution in [1.29, 1.82) is 0 Å². The van der Waals surface area contributed by atoms with Crippen molar-refractivity contribution in [1.82, 2.24) is 9.13 Å². The number of amides is 1. The second kappa shape index (κ2) is 8.56. The van der Waals surface area contributed by atoms with Crippen molar-refractivity contribution in [3.05, 3.63) is 69.4 Å². The van der Waals surface area contributed by atoms with Crippen LogP contribution in [0.15, 0.2) is 58.1 Å². The van der Waals surface area contributed by atoms with Crippen molar-refractivity contribution in [2.24, 2.45) is 0 Å². The van der Waals surface area contributed by atoms with E-state index in [0.717, 1.165) is 0 Å². The molecule has 3 aromatic rings. The molecule has 0 fully saturated rings. The predicted molar refractivity (Wildman–Crippen MR) is 109 cm³/mol. The van der Waals surface area contributed by atoms with Gasteiger partial charge in [-0.1, -0.05) is 19.1 Å². The molecular formula is C21H23N3O4. The Morgan fingerprint density at radius 1 is 1.00 bits per heavy atom. The Hall–Kier alpha value is -3.35. The molecule has 146 valence electrons. The Bertz CT molecular complexity index is 1100. The number of benzene rings is 2. The van der Waals surface area contributed by atoms with Gasteiger partial charge in [0.05, 0.1) is 17.5 Å². The summed E-state index contributed by atoms with van der Waals surface area (Å²) in [5.74, 6) is 0.368. The highest BCUT2D eigenvalue weighted by Gasteiger charge is 2.15. The van der Waals surface area contributed by atoms with Gasteiger partial charge in [0.1, 0.15) is 12.3 Å². The molecule has 0 saturated carbocycles. The Labute approximate surface area is 162 Å². The van der Waals surface area contributed by atoms with Gasteiger partial charge in [0, 0.05) is 12.2 Å². The number of ether oxygens (including phenoxy) is 1. The number of fused-ring (bicyclic) bond motifs is 1. The van der Waals surface area contributed by atoms with Crippen LogP contribution in [0.25, 0.3) is 10.9 Å². The lowest BCUT2D eigenvalue weighted by atomic mass is 10.2. The van der Waals surface area contributed by atoms with E-state index >= 15 is 0 Å². The smallest absolute Gasteiger partial charge is 0.331 e. The Kier molecular flexibility index (Phi) is 5.93. The van der Waals surface area contributed by atoms with Gasteiger partial charge in [-0.2, -0.15) is 0 Å². The van der Waals surface area contributed by atoms with Crippen molar-refractivity contribution in [3.8, 4) is 5.75 Å². The fourth-order valence-electron chi connectivity index (χ4n) is 3.09. The Balaban J connectivity index is 1.92. The lowest BCUT2D eigenvalue weighted by Crippen LogP contribution is -2.41. The normalized spacial score (nSPS) is 10.8. The SMILES string of the molecule is CCCn1c(=O)c2ccccc2n(CC(=O)Nc2ccc(OCC)cc2)c1=O. The summed E-state index contributed by atoms with van der Waals surface area (Å²) in [6, 6.07) is 13.8. The zero-order chi connectivity index (χ0) is 20.1. The second-order valence-electron chi connectivity index (χ2n) is 6.35. The highest BCUT2D eigenvalue weighted by Crippen LogP contribution is 2.16. The monoisotopic (exact) mass is 381 g/mol. The summed E-state index contributed by atoms with van der Waals surface area (Å²) in [6.45, 7) is 4.48. The molecule has 7 heteroatoms. The fraction of sp³-hybridized carbons (Fsp3) is 0.286. The van der Waals surface area contributed by atoms with Crippen LogP contribution in [0.2, 0.25) is 0 Å². The van der Waals surface area contributed by atoms with Gasteiger partial charge >= 0.3 is 5.69 Å². The molecule has 1 aromatic heterocycles. The number of carbonyl (C=O) groups is 1. The molecule has 28 heavy (non-hydrogen) atoms. The van der Waals surface area contributed by atoms with Crippen LogP contribution in [-0.4, -0.2) is 21.6 Å². The van der Waals surface area contributed by atoms with Crippen molar-refractivity contribution in [3.63, 3.8) is 0 Å². The van der Waals surface area contributed by atoms with E-state index in [-0.39, 0.29) is 18.0 Å². The number of para-hydroxylation sites is 1. The maximum Gasteiger partial charge on any atom is 0.331 e. The number of nitrogens with zero attached hydrogens (tertiary/aromatic N) is 2. The van der Waals surface area contributed by atoms with Crippen LogP contribution >= 0.6 is 0 Å². The molecule has 0 spiro atoms. The van der Waals surface area contributed by atoms with Crippen LogP contribution in [0.5, 0.6) is 5.75 Å². The van der Waals surface area contributed by atoms with Gasteiger partial charge in [-0.15, -0.1) is 0 Å². The van der Waals surface area contributed by atoms with E-state index in [1.54, 1.807) is 48.5 Å². The highest BCUT2D eigenvalue weighted by atomic mass is 16.5. The quantitative estimate of drug-likeness (QED) is 0.682. The van der Waals surface area contributed by atoms with E-state index in [9.17, 15) is 14.4 Å². The molecule has 3 rings (SSSR count). The fourth-order valence-corrected chi connectivity index (χ4v) is 3.09. The summed E-state index contributed by atoms with van der Waals surface area (Å²) in [5.41, 5.74) is 0.248. The minimum atomic E-state index is -0.479. The molecule has 0 radical (unpaired) electrons. The molecule has 0 unspecified atom stereocenters. The molecule has 0 bridgehead atoms. The minimum Gasteiger partial charge on any atom is -0.494 e. The summed E-state index contributed by atoms with van der Waals surface area (Å²) in [4.78, 5) is 38.0. The maximum atomic E-state index is 12.8. The number of rotatable bonds is 7. The van der Waals surface area contributed by atoms with Gasteiger partial charge in [-0.25, -0.2) is 4.79 Å². The number of aromatic nitrogens is 2. The molecule has 1 N–H and O–H groups in total. The molecule has 2 aromatic carbocycles. The number of hydrogen-bond acceptors (Lipinski definition) is 4. The number of hydrogen-bond donors (Lipinski definition) is 1. The molecule has 0 aliphatic heterocycles. The van der Waals surface area contributed by atoms with E-state index in [1.807, 2.05) is 13.8 Å². The maximum absolute atomic E-state index is 12.8. The third kappa shape index (κ3) is 3.98. The van der Waals surface area contributed by atoms with Crippen LogP contribution in [0, 0.1) is 0 Å². The zero-order valence-electron chi connectivity index (χ0n) is 16.0. The highest BCUT2D eigenvalue weighted by molar-refractivity contribution is 5.91. The van der Waals surface area contributed by atoms with Crippen LogP contribution in [0.4, 0.5) is 5.69 Å². The summed E-state index contributed by atoms with van der Waals surface area (Å²) < 4.78 is 7.91. The number of nitrogens with one attached hydrogen (secondary N) is 1. The first-order valence-corrected chi connectivity index (χ1v) is 9.30. The van der Waals surface area contributed by atoms with E-state index in [0.29, 0.717) is 41.9 Å². The minimum absolute atomic E-state index is 0.184. The van der Waals surface area contributed by atoms with Gasteiger partial charge < -0.3 is 10.1 Å². The van der Waals surface area contributed by atoms with Crippen molar-refractivity contribution < 1.29 is 9.53 Å². The molecule has 1 amide bonds. The van der Waals surface area contributed by atoms with Gasteiger partial charge in [-0.05, 0) is 49.7 Å². The predicted octanol–water partition coefficient (Wildman–Crippen LogP) is 2.61. The molecule has 1 heterocycles. The van der Waals surface area contributed by atoms with E-state index in [1.165, 1.54) is 9.13 Å². The molecule has 0 atom stereocenters. The van der Waals surface area contributed by atoms with E-state index in [4.69, 9.17) is 4.74 Å². The van der Waals surface area contributed by atoms with Gasteiger partial charge in [0.25, 0.3) is 5.56 Å². The number of anilines is 1. The van der Waals surface area contributed by atoms with Crippen molar-refractivity contribution in [2.75, 3.05) is 11.9 Å².